The monoisotopic (exact) mass is 464 g/mol. The number of para-hydroxylation sites is 1. The number of thiazole rings is 1. The maximum atomic E-state index is 13.4. The van der Waals surface area contributed by atoms with Gasteiger partial charge in [0.15, 0.2) is 9.99 Å². The Balaban J connectivity index is 1.59. The van der Waals surface area contributed by atoms with Crippen molar-refractivity contribution in [1.29, 1.82) is 0 Å². The van der Waals surface area contributed by atoms with E-state index in [1.54, 1.807) is 29.2 Å². The molecule has 162 valence electrons. The highest BCUT2D eigenvalue weighted by Crippen LogP contribution is 2.26. The van der Waals surface area contributed by atoms with Crippen LogP contribution in [0.1, 0.15) is 11.1 Å². The van der Waals surface area contributed by atoms with Gasteiger partial charge in [0.1, 0.15) is 11.2 Å². The van der Waals surface area contributed by atoms with Crippen molar-refractivity contribution < 1.29 is 4.79 Å². The molecule has 9 heteroatoms. The van der Waals surface area contributed by atoms with Crippen molar-refractivity contribution in [2.24, 2.45) is 0 Å². The van der Waals surface area contributed by atoms with Gasteiger partial charge in [-0.1, -0.05) is 54.2 Å². The molecule has 0 fully saturated rings. The number of carbonyl (C=O) groups excluding carboxylic acids is 1. The molecule has 0 aliphatic carbocycles. The van der Waals surface area contributed by atoms with Gasteiger partial charge >= 0.3 is 5.69 Å². The SMILES string of the molecule is CSc1nc2c(s1)c(=O)n(-c1ccccc1)c(=O)n2CC(=O)N1CCc2ccccc2C1. The number of aromatic nitrogens is 3. The van der Waals surface area contributed by atoms with Crippen LogP contribution in [0.2, 0.25) is 0 Å². The lowest BCUT2D eigenvalue weighted by Crippen LogP contribution is -2.43. The van der Waals surface area contributed by atoms with E-state index in [4.69, 9.17) is 0 Å². The summed E-state index contributed by atoms with van der Waals surface area (Å²) in [7, 11) is 0. The lowest BCUT2D eigenvalue weighted by molar-refractivity contribution is -0.132. The average molecular weight is 465 g/mol. The summed E-state index contributed by atoms with van der Waals surface area (Å²) in [4.78, 5) is 46.1. The third-order valence-corrected chi connectivity index (χ3v) is 7.65. The van der Waals surface area contributed by atoms with Gasteiger partial charge in [-0.15, -0.1) is 11.3 Å². The van der Waals surface area contributed by atoms with Crippen LogP contribution in [0, 0.1) is 0 Å². The molecule has 0 saturated heterocycles. The summed E-state index contributed by atoms with van der Waals surface area (Å²) in [6.45, 7) is 0.944. The van der Waals surface area contributed by atoms with E-state index in [0.29, 0.717) is 27.8 Å². The maximum Gasteiger partial charge on any atom is 0.337 e. The summed E-state index contributed by atoms with van der Waals surface area (Å²) < 4.78 is 3.51. The fourth-order valence-corrected chi connectivity index (χ4v) is 5.49. The van der Waals surface area contributed by atoms with E-state index in [0.717, 1.165) is 16.6 Å². The Morgan fingerprint density at radius 1 is 1.06 bits per heavy atom. The van der Waals surface area contributed by atoms with Gasteiger partial charge in [-0.25, -0.2) is 14.3 Å². The molecular formula is C23H20N4O3S2. The number of carbonyl (C=O) groups is 1. The van der Waals surface area contributed by atoms with Crippen molar-refractivity contribution in [2.45, 2.75) is 23.8 Å². The first kappa shape index (κ1) is 20.7. The van der Waals surface area contributed by atoms with Gasteiger partial charge in [-0.2, -0.15) is 0 Å². The highest BCUT2D eigenvalue weighted by molar-refractivity contribution is 8.00. The lowest BCUT2D eigenvalue weighted by atomic mass is 10.00. The van der Waals surface area contributed by atoms with Crippen molar-refractivity contribution in [3.05, 3.63) is 86.6 Å². The molecule has 0 N–H and O–H groups in total. The number of benzene rings is 2. The fraction of sp³-hybridized carbons (Fsp3) is 0.217. The van der Waals surface area contributed by atoms with Gasteiger partial charge in [0.05, 0.1) is 5.69 Å². The highest BCUT2D eigenvalue weighted by Gasteiger charge is 2.24. The fourth-order valence-electron chi connectivity index (χ4n) is 3.99. The molecule has 0 spiro atoms. The lowest BCUT2D eigenvalue weighted by Gasteiger charge is -2.29. The first-order chi connectivity index (χ1) is 15.6. The third kappa shape index (κ3) is 3.57. The molecule has 32 heavy (non-hydrogen) atoms. The normalized spacial score (nSPS) is 13.3. The van der Waals surface area contributed by atoms with Crippen molar-refractivity contribution >= 4 is 39.4 Å². The topological polar surface area (TPSA) is 77.2 Å². The van der Waals surface area contributed by atoms with E-state index in [9.17, 15) is 14.4 Å². The summed E-state index contributed by atoms with van der Waals surface area (Å²) in [5.74, 6) is -0.167. The molecule has 3 heterocycles. The summed E-state index contributed by atoms with van der Waals surface area (Å²) in [6.07, 6.45) is 2.65. The number of hydrogen-bond acceptors (Lipinski definition) is 6. The van der Waals surface area contributed by atoms with Gasteiger partial charge in [-0.3, -0.25) is 14.2 Å². The first-order valence-corrected chi connectivity index (χ1v) is 12.2. The molecule has 1 aliphatic rings. The first-order valence-electron chi connectivity index (χ1n) is 10.2. The smallest absolute Gasteiger partial charge is 0.336 e. The largest absolute Gasteiger partial charge is 0.337 e. The van der Waals surface area contributed by atoms with Gasteiger partial charge < -0.3 is 4.90 Å². The molecule has 0 unspecified atom stereocenters. The second-order valence-corrected chi connectivity index (χ2v) is 9.57. The minimum atomic E-state index is -0.558. The van der Waals surface area contributed by atoms with Crippen molar-refractivity contribution in [3.8, 4) is 5.69 Å². The van der Waals surface area contributed by atoms with Gasteiger partial charge in [0.25, 0.3) is 5.56 Å². The van der Waals surface area contributed by atoms with Crippen LogP contribution in [0.3, 0.4) is 0 Å². The molecule has 0 bridgehead atoms. The zero-order chi connectivity index (χ0) is 22.2. The molecule has 7 nitrogen and oxygen atoms in total. The molecule has 1 aliphatic heterocycles. The van der Waals surface area contributed by atoms with Crippen LogP contribution in [-0.2, 0) is 24.3 Å². The van der Waals surface area contributed by atoms with Crippen LogP contribution in [0.5, 0.6) is 0 Å². The molecule has 0 saturated carbocycles. The van der Waals surface area contributed by atoms with Gasteiger partial charge in [0, 0.05) is 13.1 Å². The second-order valence-electron chi connectivity index (χ2n) is 7.52. The van der Waals surface area contributed by atoms with Gasteiger partial charge in [-0.05, 0) is 35.9 Å². The van der Waals surface area contributed by atoms with Crippen LogP contribution in [-0.4, -0.2) is 37.7 Å². The van der Waals surface area contributed by atoms with Crippen molar-refractivity contribution in [3.63, 3.8) is 0 Å². The molecule has 0 atom stereocenters. The highest BCUT2D eigenvalue weighted by atomic mass is 32.2. The van der Waals surface area contributed by atoms with E-state index in [1.165, 1.54) is 33.2 Å². The third-order valence-electron chi connectivity index (χ3n) is 5.63. The number of fused-ring (bicyclic) bond motifs is 2. The maximum absolute atomic E-state index is 13.4. The number of nitrogens with zero attached hydrogens (tertiary/aromatic N) is 4. The quantitative estimate of drug-likeness (QED) is 0.434. The summed E-state index contributed by atoms with van der Waals surface area (Å²) in [5.41, 5.74) is 2.14. The van der Waals surface area contributed by atoms with E-state index in [1.807, 2.05) is 30.5 Å². The number of amides is 1. The molecule has 2 aromatic carbocycles. The van der Waals surface area contributed by atoms with E-state index in [2.05, 4.69) is 11.1 Å². The Hall–Kier alpha value is -3.17. The standard InChI is InChI=1S/C23H20N4O3S2/c1-31-22-24-20-19(32-22)21(29)27(17-9-3-2-4-10-17)23(30)26(20)14-18(28)25-12-11-15-7-5-6-8-16(15)13-25/h2-10H,11-14H2,1H3. The van der Waals surface area contributed by atoms with Crippen LogP contribution in [0.15, 0.2) is 68.5 Å². The zero-order valence-corrected chi connectivity index (χ0v) is 19.0. The molecule has 0 radical (unpaired) electrons. The zero-order valence-electron chi connectivity index (χ0n) is 17.4. The van der Waals surface area contributed by atoms with E-state index in [-0.39, 0.29) is 18.1 Å². The Morgan fingerprint density at radius 2 is 1.78 bits per heavy atom. The predicted octanol–water partition coefficient (Wildman–Crippen LogP) is 2.92. The van der Waals surface area contributed by atoms with Crippen molar-refractivity contribution in [1.82, 2.24) is 19.0 Å². The molecule has 4 aromatic rings. The summed E-state index contributed by atoms with van der Waals surface area (Å²) in [5, 5.41) is 0. The molecule has 2 aromatic heterocycles. The van der Waals surface area contributed by atoms with Gasteiger partial charge in [0.2, 0.25) is 5.91 Å². The van der Waals surface area contributed by atoms with E-state index < -0.39 is 11.2 Å². The van der Waals surface area contributed by atoms with E-state index >= 15 is 0 Å². The summed E-state index contributed by atoms with van der Waals surface area (Å²) in [6, 6.07) is 16.9. The Labute approximate surface area is 191 Å². The Morgan fingerprint density at radius 3 is 2.53 bits per heavy atom. The predicted molar refractivity (Wildman–Crippen MR) is 127 cm³/mol. The Bertz CT molecular complexity index is 1440. The molecular weight excluding hydrogens is 444 g/mol. The van der Waals surface area contributed by atoms with Crippen molar-refractivity contribution in [2.75, 3.05) is 12.8 Å². The molecule has 5 rings (SSSR count). The minimum absolute atomic E-state index is 0.165. The van der Waals surface area contributed by atoms with Crippen LogP contribution < -0.4 is 11.2 Å². The number of rotatable bonds is 4. The number of hydrogen-bond donors (Lipinski definition) is 0. The second kappa shape index (κ2) is 8.40. The van der Waals surface area contributed by atoms with Crippen LogP contribution in [0.25, 0.3) is 16.0 Å². The molecule has 1 amide bonds. The Kier molecular flexibility index (Phi) is 5.44. The average Bonchev–Trinajstić information content (AvgIpc) is 3.27. The minimum Gasteiger partial charge on any atom is -0.336 e. The number of thioether (sulfide) groups is 1. The summed E-state index contributed by atoms with van der Waals surface area (Å²) >= 11 is 2.65. The van der Waals surface area contributed by atoms with Crippen LogP contribution in [0.4, 0.5) is 0 Å². The van der Waals surface area contributed by atoms with Crippen LogP contribution >= 0.6 is 23.1 Å².